The number of ether oxygens (including phenoxy) is 1. The highest BCUT2D eigenvalue weighted by atomic mass is 32.2. The van der Waals surface area contributed by atoms with Crippen molar-refractivity contribution in [2.45, 2.75) is 129 Å². The van der Waals surface area contributed by atoms with Gasteiger partial charge in [-0.1, -0.05) is 41.5 Å². The Kier molecular flexibility index (Phi) is 10.8. The normalized spacial score (nSPS) is 15.2. The molecule has 0 aliphatic carbocycles. The minimum atomic E-state index is -1.23. The Morgan fingerprint density at radius 1 is 0.857 bits per heavy atom. The molecular weight excluding hydrogens is 464 g/mol. The van der Waals surface area contributed by atoms with E-state index >= 15 is 0 Å². The summed E-state index contributed by atoms with van der Waals surface area (Å²) in [5.74, 6) is 0.162. The molecule has 8 heteroatoms. The van der Waals surface area contributed by atoms with E-state index in [0.29, 0.717) is 5.75 Å². The smallest absolute Gasteiger partial charge is 0.306 e. The maximum Gasteiger partial charge on any atom is 0.306 e. The fourth-order valence-electron chi connectivity index (χ4n) is 3.42. The predicted octanol–water partition coefficient (Wildman–Crippen LogP) is 8.32. The van der Waals surface area contributed by atoms with Crippen LogP contribution in [0.2, 0.25) is 0 Å². The monoisotopic (exact) mass is 510 g/mol. The molecule has 1 aromatic carbocycles. The van der Waals surface area contributed by atoms with Crippen LogP contribution in [0.25, 0.3) is 0 Å². The molecule has 0 aliphatic heterocycles. The highest BCUT2D eigenvalue weighted by Gasteiger charge is 2.33. The van der Waals surface area contributed by atoms with Crippen LogP contribution in [0.5, 0.6) is 5.75 Å². The third-order valence-corrected chi connectivity index (χ3v) is 5.41. The molecule has 0 saturated heterocycles. The van der Waals surface area contributed by atoms with Gasteiger partial charge in [-0.25, -0.2) is 0 Å². The fourth-order valence-corrected chi connectivity index (χ4v) is 4.40. The Morgan fingerprint density at radius 2 is 1.43 bits per heavy atom. The van der Waals surface area contributed by atoms with E-state index in [1.54, 1.807) is 30.8 Å². The number of hydrogen-bond donors (Lipinski definition) is 0. The molecule has 0 aliphatic rings. The van der Waals surface area contributed by atoms with Gasteiger partial charge in [0, 0.05) is 16.1 Å². The number of hydrogen-bond acceptors (Lipinski definition) is 8. The summed E-state index contributed by atoms with van der Waals surface area (Å²) in [6.45, 7) is 24.2. The van der Waals surface area contributed by atoms with Crippen LogP contribution in [-0.4, -0.2) is 27.6 Å². The van der Waals surface area contributed by atoms with Gasteiger partial charge in [-0.05, 0) is 82.7 Å². The summed E-state index contributed by atoms with van der Waals surface area (Å²) >= 11 is 1.76. The SMILES string of the molecule is CC(C)(C)CC(C)(C)OC(=O)CCC(C)(N=NC(C)(C)C)OOOc1ccc(SC(C)(C)C)cc1. The average molecular weight is 511 g/mol. The minimum absolute atomic E-state index is 0.0388. The second-order valence-corrected chi connectivity index (χ2v) is 14.8. The van der Waals surface area contributed by atoms with Crippen molar-refractivity contribution in [1.82, 2.24) is 0 Å². The number of thioether (sulfide) groups is 1. The topological polar surface area (TPSA) is 78.7 Å². The van der Waals surface area contributed by atoms with Gasteiger partial charge >= 0.3 is 5.97 Å². The molecule has 0 saturated carbocycles. The van der Waals surface area contributed by atoms with Crippen molar-refractivity contribution in [2.24, 2.45) is 15.6 Å². The van der Waals surface area contributed by atoms with Gasteiger partial charge in [0.25, 0.3) is 0 Å². The number of carbonyl (C=O) groups excluding carboxylic acids is 1. The van der Waals surface area contributed by atoms with Crippen LogP contribution < -0.4 is 4.89 Å². The third kappa shape index (κ3) is 15.2. The molecule has 35 heavy (non-hydrogen) atoms. The molecule has 1 unspecified atom stereocenters. The van der Waals surface area contributed by atoms with Crippen LogP contribution >= 0.6 is 11.8 Å². The maximum atomic E-state index is 12.6. The Bertz CT molecular complexity index is 833. The molecule has 1 rings (SSSR count). The van der Waals surface area contributed by atoms with Crippen molar-refractivity contribution < 1.29 is 24.3 Å². The van der Waals surface area contributed by atoms with Gasteiger partial charge in [-0.3, -0.25) is 4.79 Å². The molecule has 7 nitrogen and oxygen atoms in total. The molecule has 0 heterocycles. The Morgan fingerprint density at radius 3 is 1.91 bits per heavy atom. The van der Waals surface area contributed by atoms with Crippen molar-refractivity contribution >= 4 is 17.7 Å². The number of azo groups is 1. The minimum Gasteiger partial charge on any atom is -0.460 e. The van der Waals surface area contributed by atoms with Crippen molar-refractivity contribution in [3.63, 3.8) is 0 Å². The Hall–Kier alpha value is -1.64. The second kappa shape index (κ2) is 12.1. The summed E-state index contributed by atoms with van der Waals surface area (Å²) in [4.78, 5) is 24.5. The molecule has 0 spiro atoms. The van der Waals surface area contributed by atoms with E-state index in [2.05, 4.69) is 51.8 Å². The largest absolute Gasteiger partial charge is 0.460 e. The highest BCUT2D eigenvalue weighted by molar-refractivity contribution is 8.00. The Labute approximate surface area is 216 Å². The van der Waals surface area contributed by atoms with Gasteiger partial charge in [0.05, 0.1) is 12.0 Å². The third-order valence-electron chi connectivity index (χ3n) is 4.29. The van der Waals surface area contributed by atoms with Crippen LogP contribution in [-0.2, 0) is 19.5 Å². The van der Waals surface area contributed by atoms with E-state index in [0.717, 1.165) is 11.3 Å². The first-order valence-corrected chi connectivity index (χ1v) is 13.0. The average Bonchev–Trinajstić information content (AvgIpc) is 2.62. The summed E-state index contributed by atoms with van der Waals surface area (Å²) < 4.78 is 5.85. The van der Waals surface area contributed by atoms with Crippen LogP contribution in [0.3, 0.4) is 0 Å². The second-order valence-electron chi connectivity index (χ2n) is 12.9. The molecule has 0 fully saturated rings. The molecule has 0 N–H and O–H groups in total. The van der Waals surface area contributed by atoms with Gasteiger partial charge in [0.1, 0.15) is 5.60 Å². The number of benzene rings is 1. The van der Waals surface area contributed by atoms with Crippen molar-refractivity contribution in [3.05, 3.63) is 24.3 Å². The molecule has 1 atom stereocenters. The highest BCUT2D eigenvalue weighted by Crippen LogP contribution is 2.33. The predicted molar refractivity (Wildman–Crippen MR) is 141 cm³/mol. The quantitative estimate of drug-likeness (QED) is 0.0979. The van der Waals surface area contributed by atoms with Gasteiger partial charge < -0.3 is 9.62 Å². The summed E-state index contributed by atoms with van der Waals surface area (Å²) in [5.41, 5.74) is -2.18. The molecular formula is C27H46N2O5S. The first kappa shape index (κ1) is 31.4. The van der Waals surface area contributed by atoms with E-state index in [9.17, 15) is 4.79 Å². The van der Waals surface area contributed by atoms with Gasteiger partial charge in [-0.2, -0.15) is 15.1 Å². The van der Waals surface area contributed by atoms with E-state index in [1.165, 1.54) is 0 Å². The van der Waals surface area contributed by atoms with Crippen molar-refractivity contribution in [3.8, 4) is 5.75 Å². The number of esters is 1. The molecule has 1 aromatic rings. The van der Waals surface area contributed by atoms with Crippen LogP contribution in [0.1, 0.15) is 102 Å². The molecule has 0 bridgehead atoms. The van der Waals surface area contributed by atoms with E-state index in [1.807, 2.05) is 46.8 Å². The summed E-state index contributed by atoms with van der Waals surface area (Å²) in [5, 5.41) is 13.7. The lowest BCUT2D eigenvalue weighted by atomic mass is 9.83. The lowest BCUT2D eigenvalue weighted by molar-refractivity contribution is -0.502. The number of rotatable bonds is 11. The summed E-state index contributed by atoms with van der Waals surface area (Å²) in [7, 11) is 0. The van der Waals surface area contributed by atoms with Crippen molar-refractivity contribution in [2.75, 3.05) is 0 Å². The van der Waals surface area contributed by atoms with E-state index < -0.39 is 16.9 Å². The van der Waals surface area contributed by atoms with Crippen LogP contribution in [0, 0.1) is 5.41 Å². The summed E-state index contributed by atoms with van der Waals surface area (Å²) in [6, 6.07) is 7.53. The zero-order valence-electron chi connectivity index (χ0n) is 23.8. The Balaban J connectivity index is 2.77. The lowest BCUT2D eigenvalue weighted by Crippen LogP contribution is -2.34. The molecule has 0 aromatic heterocycles. The van der Waals surface area contributed by atoms with Gasteiger partial charge in [0.15, 0.2) is 5.75 Å². The number of nitrogens with zero attached hydrogens (tertiary/aromatic N) is 2. The zero-order chi connectivity index (χ0) is 27.1. The fraction of sp³-hybridized carbons (Fsp3) is 0.741. The zero-order valence-corrected chi connectivity index (χ0v) is 24.6. The lowest BCUT2D eigenvalue weighted by Gasteiger charge is -2.32. The molecule has 0 radical (unpaired) electrons. The number of carbonyl (C=O) groups is 1. The van der Waals surface area contributed by atoms with Crippen molar-refractivity contribution in [1.29, 1.82) is 0 Å². The van der Waals surface area contributed by atoms with Crippen LogP contribution in [0.4, 0.5) is 0 Å². The first-order valence-electron chi connectivity index (χ1n) is 12.1. The van der Waals surface area contributed by atoms with Gasteiger partial charge in [-0.15, -0.1) is 11.8 Å². The molecule has 0 amide bonds. The molecule has 200 valence electrons. The van der Waals surface area contributed by atoms with E-state index in [4.69, 9.17) is 19.6 Å². The summed E-state index contributed by atoms with van der Waals surface area (Å²) in [6.07, 6.45) is 1.05. The van der Waals surface area contributed by atoms with Crippen LogP contribution in [0.15, 0.2) is 39.4 Å². The first-order chi connectivity index (χ1) is 15.7. The maximum absolute atomic E-state index is 12.6. The van der Waals surface area contributed by atoms with E-state index in [-0.39, 0.29) is 29.0 Å². The standard InChI is InChI=1S/C27H46N2O5S/c1-23(2,3)19-26(10,11)31-22(30)17-18-27(12,29-28-24(4,5)6)33-34-32-20-13-15-21(16-14-20)35-25(7,8)9/h13-16H,17-19H2,1-12H3. The van der Waals surface area contributed by atoms with Gasteiger partial charge in [0.2, 0.25) is 5.72 Å².